The van der Waals surface area contributed by atoms with E-state index in [1.807, 2.05) is 0 Å². The number of ether oxygens (including phenoxy) is 1. The van der Waals surface area contributed by atoms with Crippen LogP contribution in [0, 0.1) is 17.8 Å². The van der Waals surface area contributed by atoms with E-state index in [2.05, 4.69) is 30.6 Å². The highest BCUT2D eigenvalue weighted by atomic mass is 16.5. The zero-order chi connectivity index (χ0) is 18.8. The van der Waals surface area contributed by atoms with Gasteiger partial charge in [-0.15, -0.1) is 0 Å². The van der Waals surface area contributed by atoms with E-state index >= 15 is 0 Å². The number of hydrogen-bond acceptors (Lipinski definition) is 3. The van der Waals surface area contributed by atoms with Crippen molar-refractivity contribution in [3.63, 3.8) is 0 Å². The van der Waals surface area contributed by atoms with Gasteiger partial charge < -0.3 is 14.5 Å². The Bertz CT molecular complexity index is 384. The molecule has 0 aromatic heterocycles. The van der Waals surface area contributed by atoms with Crippen LogP contribution >= 0.6 is 0 Å². The van der Waals surface area contributed by atoms with E-state index in [4.69, 9.17) is 4.74 Å². The maximum absolute atomic E-state index is 12.3. The summed E-state index contributed by atoms with van der Waals surface area (Å²) < 4.78 is 5.56. The minimum Gasteiger partial charge on any atom is -0.381 e. The summed E-state index contributed by atoms with van der Waals surface area (Å²) >= 11 is 0. The van der Waals surface area contributed by atoms with Gasteiger partial charge in [0.1, 0.15) is 0 Å². The fourth-order valence-corrected chi connectivity index (χ4v) is 4.36. The lowest BCUT2D eigenvalue weighted by atomic mass is 9.86. The van der Waals surface area contributed by atoms with Crippen molar-refractivity contribution < 1.29 is 9.53 Å². The molecule has 4 nitrogen and oxygen atoms in total. The first-order valence-corrected chi connectivity index (χ1v) is 11.2. The molecule has 2 fully saturated rings. The average molecular weight is 367 g/mol. The van der Waals surface area contributed by atoms with Crippen molar-refractivity contribution in [3.8, 4) is 0 Å². The monoisotopic (exact) mass is 366 g/mol. The zero-order valence-electron chi connectivity index (χ0n) is 17.5. The average Bonchev–Trinajstić information content (AvgIpc) is 2.65. The van der Waals surface area contributed by atoms with Gasteiger partial charge in [0.25, 0.3) is 0 Å². The van der Waals surface area contributed by atoms with Crippen molar-refractivity contribution in [1.29, 1.82) is 0 Å². The van der Waals surface area contributed by atoms with Gasteiger partial charge in [0.15, 0.2) is 0 Å². The topological polar surface area (TPSA) is 32.8 Å². The fourth-order valence-electron chi connectivity index (χ4n) is 4.36. The normalized spacial score (nSPS) is 20.8. The summed E-state index contributed by atoms with van der Waals surface area (Å²) in [5, 5.41) is 0. The smallest absolute Gasteiger partial charge is 0.222 e. The van der Waals surface area contributed by atoms with E-state index in [9.17, 15) is 4.79 Å². The van der Waals surface area contributed by atoms with E-state index in [1.54, 1.807) is 0 Å². The van der Waals surface area contributed by atoms with Crippen molar-refractivity contribution in [1.82, 2.24) is 9.80 Å². The number of amides is 1. The van der Waals surface area contributed by atoms with Gasteiger partial charge in [-0.1, -0.05) is 27.2 Å². The number of likely N-dealkylation sites (tertiary alicyclic amines) is 2. The predicted octanol–water partition coefficient (Wildman–Crippen LogP) is 4.19. The minimum absolute atomic E-state index is 0.334. The lowest BCUT2D eigenvalue weighted by Gasteiger charge is -2.38. The highest BCUT2D eigenvalue weighted by molar-refractivity contribution is 5.76. The predicted molar refractivity (Wildman–Crippen MR) is 108 cm³/mol. The number of unbranched alkanes of at least 4 members (excludes halogenated alkanes) is 1. The van der Waals surface area contributed by atoms with Crippen LogP contribution in [0.25, 0.3) is 0 Å². The molecule has 1 amide bonds. The second kappa shape index (κ2) is 12.0. The lowest BCUT2D eigenvalue weighted by molar-refractivity contribution is -0.133. The highest BCUT2D eigenvalue weighted by Gasteiger charge is 2.26. The molecule has 0 aliphatic carbocycles. The largest absolute Gasteiger partial charge is 0.381 e. The molecule has 0 spiro atoms. The lowest BCUT2D eigenvalue weighted by Crippen LogP contribution is -2.43. The summed E-state index contributed by atoms with van der Waals surface area (Å²) in [7, 11) is 0. The van der Waals surface area contributed by atoms with Crippen LogP contribution in [-0.2, 0) is 9.53 Å². The fraction of sp³-hybridized carbons (Fsp3) is 0.955. The van der Waals surface area contributed by atoms with Crippen molar-refractivity contribution in [2.75, 3.05) is 45.9 Å². The second-order valence-corrected chi connectivity index (χ2v) is 8.78. The van der Waals surface area contributed by atoms with Gasteiger partial charge in [-0.3, -0.25) is 4.79 Å². The first kappa shape index (κ1) is 21.7. The molecular formula is C22H42N2O2. The maximum Gasteiger partial charge on any atom is 0.222 e. The molecule has 2 rings (SSSR count). The quantitative estimate of drug-likeness (QED) is 0.544. The highest BCUT2D eigenvalue weighted by Crippen LogP contribution is 2.26. The molecule has 2 heterocycles. The Morgan fingerprint density at radius 2 is 1.65 bits per heavy atom. The minimum atomic E-state index is 0.334. The number of hydrogen-bond donors (Lipinski definition) is 0. The SMILES string of the molecule is CCCCOCCCC(=O)N1CCC(CN2CCC(C(C)C)CC2)CC1. The van der Waals surface area contributed by atoms with Gasteiger partial charge in [-0.2, -0.15) is 0 Å². The third kappa shape index (κ3) is 7.56. The maximum atomic E-state index is 12.3. The van der Waals surface area contributed by atoms with E-state index in [1.165, 1.54) is 51.7 Å². The van der Waals surface area contributed by atoms with Crippen LogP contribution in [0.3, 0.4) is 0 Å². The van der Waals surface area contributed by atoms with E-state index < -0.39 is 0 Å². The van der Waals surface area contributed by atoms with Gasteiger partial charge in [0.2, 0.25) is 5.91 Å². The van der Waals surface area contributed by atoms with Crippen LogP contribution < -0.4 is 0 Å². The molecule has 26 heavy (non-hydrogen) atoms. The van der Waals surface area contributed by atoms with Gasteiger partial charge in [-0.25, -0.2) is 0 Å². The summed E-state index contributed by atoms with van der Waals surface area (Å²) in [4.78, 5) is 17.1. The van der Waals surface area contributed by atoms with Crippen molar-refractivity contribution in [2.45, 2.75) is 72.1 Å². The van der Waals surface area contributed by atoms with Crippen LogP contribution in [-0.4, -0.2) is 61.6 Å². The molecule has 0 radical (unpaired) electrons. The van der Waals surface area contributed by atoms with E-state index in [0.717, 1.165) is 56.9 Å². The molecule has 0 atom stereocenters. The molecular weight excluding hydrogens is 324 g/mol. The Labute approximate surface area is 161 Å². The first-order chi connectivity index (χ1) is 12.6. The van der Waals surface area contributed by atoms with Gasteiger partial charge >= 0.3 is 0 Å². The summed E-state index contributed by atoms with van der Waals surface area (Å²) in [5.74, 6) is 2.88. The van der Waals surface area contributed by atoms with Crippen LogP contribution in [0.1, 0.15) is 72.1 Å². The van der Waals surface area contributed by atoms with Gasteiger partial charge in [0, 0.05) is 39.3 Å². The molecule has 2 aliphatic heterocycles. The standard InChI is InChI=1S/C22H42N2O2/c1-4-5-16-26-17-6-7-22(25)24-14-8-20(9-15-24)18-23-12-10-21(11-13-23)19(2)3/h19-21H,4-18H2,1-3H3. The summed E-state index contributed by atoms with van der Waals surface area (Å²) in [5.41, 5.74) is 0. The summed E-state index contributed by atoms with van der Waals surface area (Å²) in [6.45, 7) is 14.2. The number of nitrogens with zero attached hydrogens (tertiary/aromatic N) is 2. The van der Waals surface area contributed by atoms with Crippen LogP contribution in [0.15, 0.2) is 0 Å². The Balaban J connectivity index is 1.55. The molecule has 0 unspecified atom stereocenters. The molecule has 0 N–H and O–H groups in total. The number of carbonyl (C=O) groups excluding carboxylic acids is 1. The second-order valence-electron chi connectivity index (χ2n) is 8.78. The Hall–Kier alpha value is -0.610. The van der Waals surface area contributed by atoms with Crippen molar-refractivity contribution in [2.24, 2.45) is 17.8 Å². The molecule has 152 valence electrons. The molecule has 0 aromatic carbocycles. The molecule has 2 aliphatic rings. The Morgan fingerprint density at radius 3 is 2.27 bits per heavy atom. The van der Waals surface area contributed by atoms with Crippen molar-refractivity contribution in [3.05, 3.63) is 0 Å². The molecule has 0 bridgehead atoms. The number of rotatable bonds is 10. The third-order valence-electron chi connectivity index (χ3n) is 6.38. The van der Waals surface area contributed by atoms with Gasteiger partial charge in [-0.05, 0) is 69.4 Å². The van der Waals surface area contributed by atoms with E-state index in [0.29, 0.717) is 12.3 Å². The summed E-state index contributed by atoms with van der Waals surface area (Å²) in [6, 6.07) is 0. The number of carbonyl (C=O) groups is 1. The molecule has 4 heteroatoms. The molecule has 2 saturated heterocycles. The Kier molecular flexibility index (Phi) is 9.98. The van der Waals surface area contributed by atoms with Crippen LogP contribution in [0.5, 0.6) is 0 Å². The van der Waals surface area contributed by atoms with Crippen LogP contribution in [0.4, 0.5) is 0 Å². The van der Waals surface area contributed by atoms with Crippen LogP contribution in [0.2, 0.25) is 0 Å². The number of piperidine rings is 2. The van der Waals surface area contributed by atoms with E-state index in [-0.39, 0.29) is 0 Å². The Morgan fingerprint density at radius 1 is 1.00 bits per heavy atom. The zero-order valence-corrected chi connectivity index (χ0v) is 17.5. The van der Waals surface area contributed by atoms with Crippen molar-refractivity contribution >= 4 is 5.91 Å². The molecule has 0 aromatic rings. The first-order valence-electron chi connectivity index (χ1n) is 11.2. The molecule has 0 saturated carbocycles. The third-order valence-corrected chi connectivity index (χ3v) is 6.38. The summed E-state index contributed by atoms with van der Waals surface area (Å²) in [6.07, 6.45) is 8.92. The van der Waals surface area contributed by atoms with Gasteiger partial charge in [0.05, 0.1) is 0 Å².